The van der Waals surface area contributed by atoms with E-state index in [1.54, 1.807) is 17.9 Å². The Hall–Kier alpha value is -3.92. The summed E-state index contributed by atoms with van der Waals surface area (Å²) < 4.78 is 12.4. The van der Waals surface area contributed by atoms with Crippen LogP contribution >= 0.6 is 0 Å². The highest BCUT2D eigenvalue weighted by Crippen LogP contribution is 2.36. The molecule has 0 bridgehead atoms. The summed E-state index contributed by atoms with van der Waals surface area (Å²) in [5, 5.41) is 14.4. The maximum Gasteiger partial charge on any atom is 0.320 e. The van der Waals surface area contributed by atoms with Crippen molar-refractivity contribution in [1.29, 1.82) is 0 Å². The topological polar surface area (TPSA) is 118 Å². The van der Waals surface area contributed by atoms with Crippen molar-refractivity contribution in [3.63, 3.8) is 0 Å². The average molecular weight is 507 g/mol. The van der Waals surface area contributed by atoms with Crippen molar-refractivity contribution in [2.75, 3.05) is 26.2 Å². The first-order valence-corrected chi connectivity index (χ1v) is 12.4. The third-order valence-electron chi connectivity index (χ3n) is 7.05. The fourth-order valence-electron chi connectivity index (χ4n) is 5.14. The standard InChI is InChI=1S/C27H30N4O6/c1-17-12-30(27(35)29-10-8-21(32)13-29)14-22(33)23(17)24-18(2)26(37-15-19-6-4-3-5-7-19)31(28-24)25(34)20-9-11-36-16-20/h3-7,9,11,16-17,21,23,32H,8,10,12-15H2,1-2H3. The highest BCUT2D eigenvalue weighted by molar-refractivity contribution is 5.97. The summed E-state index contributed by atoms with van der Waals surface area (Å²) in [4.78, 5) is 42.7. The van der Waals surface area contributed by atoms with E-state index < -0.39 is 17.9 Å². The number of hydrogen-bond acceptors (Lipinski definition) is 7. The third-order valence-corrected chi connectivity index (χ3v) is 7.05. The Labute approximate surface area is 214 Å². The summed E-state index contributed by atoms with van der Waals surface area (Å²) in [7, 11) is 0. The van der Waals surface area contributed by atoms with Gasteiger partial charge >= 0.3 is 6.03 Å². The molecule has 3 unspecified atom stereocenters. The number of β-amino-alcohol motifs (C(OH)–C–C–N with tert-alkyl or cyclic N) is 1. The van der Waals surface area contributed by atoms with Gasteiger partial charge in [-0.25, -0.2) is 4.79 Å². The number of benzene rings is 1. The maximum absolute atomic E-state index is 13.4. The molecule has 3 atom stereocenters. The number of aliphatic hydroxyl groups is 1. The highest BCUT2D eigenvalue weighted by Gasteiger charge is 2.41. The van der Waals surface area contributed by atoms with Crippen LogP contribution in [0, 0.1) is 12.8 Å². The molecular weight excluding hydrogens is 476 g/mol. The molecule has 0 aliphatic carbocycles. The molecule has 2 saturated heterocycles. The second kappa shape index (κ2) is 10.2. The van der Waals surface area contributed by atoms with Crippen LogP contribution < -0.4 is 4.74 Å². The quantitative estimate of drug-likeness (QED) is 0.565. The summed E-state index contributed by atoms with van der Waals surface area (Å²) in [6.45, 7) is 5.00. The number of urea groups is 1. The number of piperidine rings is 1. The Balaban J connectivity index is 1.42. The van der Waals surface area contributed by atoms with E-state index in [4.69, 9.17) is 9.15 Å². The summed E-state index contributed by atoms with van der Waals surface area (Å²) in [5.41, 5.74) is 2.32. The molecule has 2 aliphatic rings. The molecule has 2 aliphatic heterocycles. The van der Waals surface area contributed by atoms with Crippen molar-refractivity contribution in [2.24, 2.45) is 5.92 Å². The van der Waals surface area contributed by atoms with Gasteiger partial charge in [0.15, 0.2) is 5.78 Å². The average Bonchev–Trinajstić information content (AvgIpc) is 3.64. The summed E-state index contributed by atoms with van der Waals surface area (Å²) in [6.07, 6.45) is 2.77. The lowest BCUT2D eigenvalue weighted by Crippen LogP contribution is -2.52. The lowest BCUT2D eigenvalue weighted by molar-refractivity contribution is -0.125. The SMILES string of the molecule is Cc1c(C2C(=O)CN(C(=O)N3CCC(O)C3)CC2C)nn(C(=O)c2ccoc2)c1OCc1ccccc1. The number of furan rings is 1. The van der Waals surface area contributed by atoms with Gasteiger partial charge in [0, 0.05) is 25.2 Å². The predicted molar refractivity (Wildman–Crippen MR) is 132 cm³/mol. The molecule has 4 heterocycles. The van der Waals surface area contributed by atoms with E-state index >= 15 is 0 Å². The second-order valence-corrected chi connectivity index (χ2v) is 9.79. The molecule has 2 fully saturated rings. The molecule has 0 saturated carbocycles. The molecule has 10 nitrogen and oxygen atoms in total. The van der Waals surface area contributed by atoms with E-state index in [-0.39, 0.29) is 43.3 Å². The first kappa shape index (κ1) is 24.8. The number of aliphatic hydroxyl groups excluding tert-OH is 1. The molecule has 1 aromatic carbocycles. The number of Topliss-reactive ketones (excluding diaryl/α,β-unsaturated/α-hetero) is 1. The zero-order valence-electron chi connectivity index (χ0n) is 20.9. The Morgan fingerprint density at radius 2 is 1.95 bits per heavy atom. The molecule has 3 aromatic rings. The third kappa shape index (κ3) is 4.89. The van der Waals surface area contributed by atoms with Crippen LogP contribution in [0.3, 0.4) is 0 Å². The number of ketones is 1. The van der Waals surface area contributed by atoms with Gasteiger partial charge in [-0.1, -0.05) is 37.3 Å². The number of carbonyl (C=O) groups is 3. The molecule has 1 N–H and O–H groups in total. The highest BCUT2D eigenvalue weighted by atomic mass is 16.5. The van der Waals surface area contributed by atoms with Gasteiger partial charge in [-0.3, -0.25) is 9.59 Å². The number of aromatic nitrogens is 2. The molecule has 10 heteroatoms. The van der Waals surface area contributed by atoms with Crippen molar-refractivity contribution in [3.05, 3.63) is 71.3 Å². The minimum Gasteiger partial charge on any atom is -0.472 e. The number of carbonyl (C=O) groups excluding carboxylic acids is 3. The molecular formula is C27H30N4O6. The Morgan fingerprint density at radius 3 is 2.59 bits per heavy atom. The van der Waals surface area contributed by atoms with Crippen LogP contribution in [0.2, 0.25) is 0 Å². The monoisotopic (exact) mass is 506 g/mol. The Bertz CT molecular complexity index is 1290. The molecule has 0 spiro atoms. The number of amides is 2. The summed E-state index contributed by atoms with van der Waals surface area (Å²) >= 11 is 0. The Kier molecular flexibility index (Phi) is 6.84. The number of hydrogen-bond donors (Lipinski definition) is 1. The van der Waals surface area contributed by atoms with Gasteiger partial charge in [-0.2, -0.15) is 9.78 Å². The van der Waals surface area contributed by atoms with E-state index in [1.807, 2.05) is 37.3 Å². The van der Waals surface area contributed by atoms with Gasteiger partial charge < -0.3 is 24.1 Å². The van der Waals surface area contributed by atoms with Gasteiger partial charge in [-0.05, 0) is 30.9 Å². The van der Waals surface area contributed by atoms with Crippen molar-refractivity contribution in [3.8, 4) is 5.88 Å². The van der Waals surface area contributed by atoms with Crippen LogP contribution in [-0.2, 0) is 11.4 Å². The van der Waals surface area contributed by atoms with E-state index in [9.17, 15) is 19.5 Å². The lowest BCUT2D eigenvalue weighted by atomic mass is 9.82. The lowest BCUT2D eigenvalue weighted by Gasteiger charge is -2.37. The smallest absolute Gasteiger partial charge is 0.320 e. The normalized spacial score (nSPS) is 21.9. The van der Waals surface area contributed by atoms with Crippen molar-refractivity contribution in [2.45, 2.75) is 38.9 Å². The minimum atomic E-state index is -0.592. The van der Waals surface area contributed by atoms with E-state index in [2.05, 4.69) is 5.10 Å². The van der Waals surface area contributed by atoms with Crippen LogP contribution in [-0.4, -0.2) is 74.7 Å². The fourth-order valence-corrected chi connectivity index (χ4v) is 5.14. The van der Waals surface area contributed by atoms with Crippen molar-refractivity contribution >= 4 is 17.7 Å². The molecule has 0 radical (unpaired) electrons. The molecule has 37 heavy (non-hydrogen) atoms. The number of ether oxygens (including phenoxy) is 1. The van der Waals surface area contributed by atoms with E-state index in [0.717, 1.165) is 5.56 Å². The number of rotatable bonds is 5. The minimum absolute atomic E-state index is 0.0530. The van der Waals surface area contributed by atoms with E-state index in [1.165, 1.54) is 22.1 Å². The van der Waals surface area contributed by atoms with Crippen LogP contribution in [0.4, 0.5) is 4.79 Å². The number of likely N-dealkylation sites (tertiary alicyclic amines) is 2. The maximum atomic E-state index is 13.4. The zero-order chi connectivity index (χ0) is 26.1. The van der Waals surface area contributed by atoms with Gasteiger partial charge in [-0.15, -0.1) is 0 Å². The van der Waals surface area contributed by atoms with Crippen molar-refractivity contribution < 1.29 is 28.6 Å². The van der Waals surface area contributed by atoms with Crippen LogP contribution in [0.15, 0.2) is 53.3 Å². The predicted octanol–water partition coefficient (Wildman–Crippen LogP) is 2.84. The van der Waals surface area contributed by atoms with Crippen molar-refractivity contribution in [1.82, 2.24) is 19.6 Å². The Morgan fingerprint density at radius 1 is 1.16 bits per heavy atom. The first-order chi connectivity index (χ1) is 17.8. The fraction of sp³-hybridized carbons (Fsp3) is 0.407. The van der Waals surface area contributed by atoms with Crippen LogP contribution in [0.25, 0.3) is 0 Å². The van der Waals surface area contributed by atoms with Gasteiger partial charge in [0.1, 0.15) is 12.9 Å². The van der Waals surface area contributed by atoms with Crippen LogP contribution in [0.1, 0.15) is 46.4 Å². The van der Waals surface area contributed by atoms with Gasteiger partial charge in [0.05, 0.1) is 36.1 Å². The van der Waals surface area contributed by atoms with E-state index in [0.29, 0.717) is 36.3 Å². The van der Waals surface area contributed by atoms with Gasteiger partial charge in [0.2, 0.25) is 5.88 Å². The molecule has 194 valence electrons. The molecule has 2 aromatic heterocycles. The molecule has 5 rings (SSSR count). The van der Waals surface area contributed by atoms with Gasteiger partial charge in [0.25, 0.3) is 5.91 Å². The first-order valence-electron chi connectivity index (χ1n) is 12.4. The largest absolute Gasteiger partial charge is 0.472 e. The van der Waals surface area contributed by atoms with Crippen LogP contribution in [0.5, 0.6) is 5.88 Å². The number of nitrogens with zero attached hydrogens (tertiary/aromatic N) is 4. The summed E-state index contributed by atoms with van der Waals surface area (Å²) in [6, 6.07) is 10.9. The summed E-state index contributed by atoms with van der Waals surface area (Å²) in [5.74, 6) is -1.12. The molecule has 2 amide bonds. The second-order valence-electron chi connectivity index (χ2n) is 9.79. The zero-order valence-corrected chi connectivity index (χ0v) is 20.9.